The van der Waals surface area contributed by atoms with Gasteiger partial charge in [-0.2, -0.15) is 0 Å². The van der Waals surface area contributed by atoms with Crippen molar-refractivity contribution in [3.8, 4) is 11.5 Å². The van der Waals surface area contributed by atoms with Crippen molar-refractivity contribution >= 4 is 5.91 Å². The van der Waals surface area contributed by atoms with Gasteiger partial charge < -0.3 is 14.8 Å². The second kappa shape index (κ2) is 9.60. The first kappa shape index (κ1) is 20.2. The van der Waals surface area contributed by atoms with Gasteiger partial charge in [-0.1, -0.05) is 36.4 Å². The molecule has 1 amide bonds. The van der Waals surface area contributed by atoms with Crippen LogP contribution in [-0.2, 0) is 17.9 Å². The largest absolute Gasteiger partial charge is 0.493 e. The highest BCUT2D eigenvalue weighted by Crippen LogP contribution is 2.35. The second-order valence-electron chi connectivity index (χ2n) is 7.43. The van der Waals surface area contributed by atoms with E-state index in [4.69, 9.17) is 9.47 Å². The molecule has 0 bridgehead atoms. The molecule has 0 heterocycles. The van der Waals surface area contributed by atoms with Gasteiger partial charge in [-0.3, -0.25) is 9.69 Å². The Balaban J connectivity index is 1.58. The number of benzene rings is 2. The molecule has 1 aliphatic rings. The molecule has 1 atom stereocenters. The fourth-order valence-electron chi connectivity index (χ4n) is 3.47. The minimum absolute atomic E-state index is 0.0400. The predicted octanol–water partition coefficient (Wildman–Crippen LogP) is 3.62. The summed E-state index contributed by atoms with van der Waals surface area (Å²) < 4.78 is 10.6. The molecule has 0 radical (unpaired) electrons. The monoisotopic (exact) mass is 382 g/mol. The summed E-state index contributed by atoms with van der Waals surface area (Å²) in [5.74, 6) is 2.10. The lowest BCUT2D eigenvalue weighted by Crippen LogP contribution is -2.42. The van der Waals surface area contributed by atoms with E-state index in [1.54, 1.807) is 14.2 Å². The molecule has 1 saturated carbocycles. The van der Waals surface area contributed by atoms with Gasteiger partial charge in [0, 0.05) is 19.1 Å². The van der Waals surface area contributed by atoms with Crippen LogP contribution in [-0.4, -0.2) is 37.6 Å². The van der Waals surface area contributed by atoms with Crippen LogP contribution in [0.3, 0.4) is 0 Å². The Morgan fingerprint density at radius 1 is 1.07 bits per heavy atom. The van der Waals surface area contributed by atoms with Crippen molar-refractivity contribution in [2.45, 2.75) is 38.9 Å². The van der Waals surface area contributed by atoms with E-state index in [0.29, 0.717) is 36.5 Å². The quantitative estimate of drug-likeness (QED) is 0.682. The van der Waals surface area contributed by atoms with Crippen molar-refractivity contribution in [2.24, 2.45) is 5.92 Å². The SMILES string of the molecule is COc1ccc(CNC(=O)CN(Cc2ccccc2)C(C)C2CC2)cc1OC. The smallest absolute Gasteiger partial charge is 0.234 e. The molecule has 150 valence electrons. The minimum atomic E-state index is 0.0400. The predicted molar refractivity (Wildman–Crippen MR) is 110 cm³/mol. The van der Waals surface area contributed by atoms with Gasteiger partial charge >= 0.3 is 0 Å². The average molecular weight is 383 g/mol. The summed E-state index contributed by atoms with van der Waals surface area (Å²) >= 11 is 0. The van der Waals surface area contributed by atoms with Gasteiger partial charge in [-0.15, -0.1) is 0 Å². The maximum Gasteiger partial charge on any atom is 0.234 e. The molecule has 0 aliphatic heterocycles. The first-order valence-corrected chi connectivity index (χ1v) is 9.86. The van der Waals surface area contributed by atoms with E-state index in [1.807, 2.05) is 36.4 Å². The van der Waals surface area contributed by atoms with Gasteiger partial charge in [0.2, 0.25) is 5.91 Å². The molecule has 1 N–H and O–H groups in total. The number of rotatable bonds is 10. The number of ether oxygens (including phenoxy) is 2. The van der Waals surface area contributed by atoms with Crippen molar-refractivity contribution in [2.75, 3.05) is 20.8 Å². The summed E-state index contributed by atoms with van der Waals surface area (Å²) in [6, 6.07) is 16.5. The Morgan fingerprint density at radius 2 is 1.79 bits per heavy atom. The number of carbonyl (C=O) groups is 1. The van der Waals surface area contributed by atoms with Crippen LogP contribution in [0.15, 0.2) is 48.5 Å². The summed E-state index contributed by atoms with van der Waals surface area (Å²) in [6.07, 6.45) is 2.53. The zero-order valence-electron chi connectivity index (χ0n) is 17.0. The number of nitrogens with one attached hydrogen (secondary N) is 1. The van der Waals surface area contributed by atoms with Crippen LogP contribution in [0.4, 0.5) is 0 Å². The van der Waals surface area contributed by atoms with Crippen molar-refractivity contribution in [1.82, 2.24) is 10.2 Å². The first-order valence-electron chi connectivity index (χ1n) is 9.86. The summed E-state index contributed by atoms with van der Waals surface area (Å²) in [5.41, 5.74) is 2.22. The normalized spacial score (nSPS) is 14.6. The highest BCUT2D eigenvalue weighted by atomic mass is 16.5. The third-order valence-corrected chi connectivity index (χ3v) is 5.39. The lowest BCUT2D eigenvalue weighted by Gasteiger charge is -2.28. The Bertz CT molecular complexity index is 775. The molecule has 2 aromatic carbocycles. The third-order valence-electron chi connectivity index (χ3n) is 5.39. The molecule has 28 heavy (non-hydrogen) atoms. The Morgan fingerprint density at radius 3 is 2.43 bits per heavy atom. The van der Waals surface area contributed by atoms with E-state index < -0.39 is 0 Å². The highest BCUT2D eigenvalue weighted by molar-refractivity contribution is 5.78. The lowest BCUT2D eigenvalue weighted by molar-refractivity contribution is -0.123. The van der Waals surface area contributed by atoms with Crippen LogP contribution in [0.5, 0.6) is 11.5 Å². The molecule has 5 nitrogen and oxygen atoms in total. The molecule has 0 aromatic heterocycles. The van der Waals surface area contributed by atoms with E-state index >= 15 is 0 Å². The first-order chi connectivity index (χ1) is 13.6. The summed E-state index contributed by atoms with van der Waals surface area (Å²) in [5, 5.41) is 3.04. The third kappa shape index (κ3) is 5.49. The molecule has 1 fully saturated rings. The molecular weight excluding hydrogens is 352 g/mol. The minimum Gasteiger partial charge on any atom is -0.493 e. The van der Waals surface area contributed by atoms with Crippen LogP contribution in [0, 0.1) is 5.92 Å². The number of nitrogens with zero attached hydrogens (tertiary/aromatic N) is 1. The van der Waals surface area contributed by atoms with Gasteiger partial charge in [-0.25, -0.2) is 0 Å². The molecule has 0 spiro atoms. The van der Waals surface area contributed by atoms with Gasteiger partial charge in [0.25, 0.3) is 0 Å². The molecule has 3 rings (SSSR count). The molecule has 5 heteroatoms. The molecule has 2 aromatic rings. The van der Waals surface area contributed by atoms with Gasteiger partial charge in [0.15, 0.2) is 11.5 Å². The van der Waals surface area contributed by atoms with E-state index in [1.165, 1.54) is 18.4 Å². The molecular formula is C23H30N2O3. The van der Waals surface area contributed by atoms with E-state index in [-0.39, 0.29) is 5.91 Å². The standard InChI is InChI=1S/C23H30N2O3/c1-17(20-10-11-20)25(15-18-7-5-4-6-8-18)16-23(26)24-14-19-9-12-21(27-2)22(13-19)28-3/h4-9,12-13,17,20H,10-11,14-16H2,1-3H3,(H,24,26). The van der Waals surface area contributed by atoms with Crippen LogP contribution in [0.25, 0.3) is 0 Å². The Kier molecular flexibility index (Phi) is 6.93. The molecule has 1 aliphatic carbocycles. The number of amides is 1. The fourth-order valence-corrected chi connectivity index (χ4v) is 3.47. The zero-order valence-corrected chi connectivity index (χ0v) is 17.0. The van der Waals surface area contributed by atoms with Crippen molar-refractivity contribution in [1.29, 1.82) is 0 Å². The van der Waals surface area contributed by atoms with Gasteiger partial charge in [-0.05, 0) is 48.9 Å². The lowest BCUT2D eigenvalue weighted by atomic mass is 10.1. The molecule has 0 saturated heterocycles. The van der Waals surface area contributed by atoms with E-state index in [0.717, 1.165) is 12.1 Å². The van der Waals surface area contributed by atoms with Gasteiger partial charge in [0.05, 0.1) is 20.8 Å². The van der Waals surface area contributed by atoms with Crippen molar-refractivity contribution in [3.05, 3.63) is 59.7 Å². The maximum absolute atomic E-state index is 12.6. The Hall–Kier alpha value is -2.53. The molecule has 1 unspecified atom stereocenters. The second-order valence-corrected chi connectivity index (χ2v) is 7.43. The number of carbonyl (C=O) groups excluding carboxylic acids is 1. The van der Waals surface area contributed by atoms with Crippen LogP contribution in [0.2, 0.25) is 0 Å². The van der Waals surface area contributed by atoms with Gasteiger partial charge in [0.1, 0.15) is 0 Å². The van der Waals surface area contributed by atoms with Crippen LogP contribution < -0.4 is 14.8 Å². The fraction of sp³-hybridized carbons (Fsp3) is 0.435. The highest BCUT2D eigenvalue weighted by Gasteiger charge is 2.32. The van der Waals surface area contributed by atoms with E-state index in [9.17, 15) is 4.79 Å². The topological polar surface area (TPSA) is 50.8 Å². The maximum atomic E-state index is 12.6. The number of methoxy groups -OCH3 is 2. The summed E-state index contributed by atoms with van der Waals surface area (Å²) in [7, 11) is 3.22. The summed E-state index contributed by atoms with van der Waals surface area (Å²) in [6.45, 7) is 3.90. The Labute approximate surface area is 167 Å². The van der Waals surface area contributed by atoms with Crippen molar-refractivity contribution < 1.29 is 14.3 Å². The average Bonchev–Trinajstić information content (AvgIpc) is 3.57. The van der Waals surface area contributed by atoms with Crippen LogP contribution >= 0.6 is 0 Å². The van der Waals surface area contributed by atoms with E-state index in [2.05, 4.69) is 29.3 Å². The van der Waals surface area contributed by atoms with Crippen LogP contribution in [0.1, 0.15) is 30.9 Å². The number of hydrogen-bond acceptors (Lipinski definition) is 4. The zero-order chi connectivity index (χ0) is 19.9. The summed E-state index contributed by atoms with van der Waals surface area (Å²) in [4.78, 5) is 14.9. The number of hydrogen-bond donors (Lipinski definition) is 1. The van der Waals surface area contributed by atoms with Crippen molar-refractivity contribution in [3.63, 3.8) is 0 Å².